The Kier molecular flexibility index (Phi) is 3.70. The van der Waals surface area contributed by atoms with Crippen molar-refractivity contribution in [2.75, 3.05) is 0 Å². The molecule has 20 heavy (non-hydrogen) atoms. The van der Waals surface area contributed by atoms with Crippen molar-refractivity contribution in [3.63, 3.8) is 0 Å². The number of nitrogens with zero attached hydrogens (tertiary/aromatic N) is 1. The molecule has 0 aliphatic heterocycles. The summed E-state index contributed by atoms with van der Waals surface area (Å²) in [6.07, 6.45) is 1.66. The first-order valence-electron chi connectivity index (χ1n) is 6.33. The van der Waals surface area contributed by atoms with Gasteiger partial charge in [0.05, 0.1) is 0 Å². The number of aromatic nitrogens is 1. The van der Waals surface area contributed by atoms with Gasteiger partial charge in [0.2, 0.25) is 0 Å². The molecule has 2 nitrogen and oxygen atoms in total. The van der Waals surface area contributed by atoms with Crippen LogP contribution in [0.3, 0.4) is 0 Å². The summed E-state index contributed by atoms with van der Waals surface area (Å²) in [5.41, 5.74) is 2.27. The summed E-state index contributed by atoms with van der Waals surface area (Å²) in [7, 11) is -1.22. The molecule has 0 spiro atoms. The van der Waals surface area contributed by atoms with Crippen LogP contribution in [0.4, 0.5) is 0 Å². The van der Waals surface area contributed by atoms with Crippen LogP contribution in [0.15, 0.2) is 88.9 Å². The molecule has 0 fully saturated rings. The highest BCUT2D eigenvalue weighted by atomic mass is 32.2. The highest BCUT2D eigenvalue weighted by Crippen LogP contribution is 2.21. The highest BCUT2D eigenvalue weighted by molar-refractivity contribution is 7.85. The van der Waals surface area contributed by atoms with Gasteiger partial charge in [0.25, 0.3) is 0 Å². The van der Waals surface area contributed by atoms with Crippen LogP contribution < -0.4 is 0 Å². The van der Waals surface area contributed by atoms with Crippen molar-refractivity contribution < 1.29 is 4.21 Å². The lowest BCUT2D eigenvalue weighted by Crippen LogP contribution is -1.95. The Labute approximate surface area is 120 Å². The van der Waals surface area contributed by atoms with Crippen LogP contribution >= 0.6 is 0 Å². The van der Waals surface area contributed by atoms with Crippen LogP contribution in [-0.2, 0) is 10.8 Å². The number of benzene rings is 2. The molecule has 98 valence electrons. The van der Waals surface area contributed by atoms with Gasteiger partial charge in [-0.25, -0.2) is 9.19 Å². The summed E-state index contributed by atoms with van der Waals surface area (Å²) in [6.45, 7) is 0. The molecule has 3 rings (SSSR count). The molecule has 1 aromatic heterocycles. The van der Waals surface area contributed by atoms with E-state index in [1.807, 2.05) is 54.6 Å². The minimum atomic E-state index is -1.22. The maximum Gasteiger partial charge on any atom is 0.132 e. The van der Waals surface area contributed by atoms with Gasteiger partial charge in [0, 0.05) is 11.1 Å². The second-order valence-corrected chi connectivity index (χ2v) is 5.75. The van der Waals surface area contributed by atoms with Gasteiger partial charge in [0.1, 0.15) is 15.8 Å². The van der Waals surface area contributed by atoms with E-state index in [4.69, 9.17) is 0 Å². The minimum Gasteiger partial charge on any atom is -0.247 e. The van der Waals surface area contributed by atoms with E-state index in [9.17, 15) is 4.21 Å². The van der Waals surface area contributed by atoms with Crippen molar-refractivity contribution in [3.05, 3.63) is 79.0 Å². The maximum atomic E-state index is 12.3. The van der Waals surface area contributed by atoms with E-state index < -0.39 is 10.8 Å². The summed E-state index contributed by atoms with van der Waals surface area (Å²) in [6, 6.07) is 23.4. The van der Waals surface area contributed by atoms with Gasteiger partial charge in [-0.05, 0) is 35.4 Å². The van der Waals surface area contributed by atoms with Crippen molar-refractivity contribution >= 4 is 10.8 Å². The summed E-state index contributed by atoms with van der Waals surface area (Å²) >= 11 is 0. The van der Waals surface area contributed by atoms with Crippen molar-refractivity contribution in [2.45, 2.75) is 9.92 Å². The zero-order valence-electron chi connectivity index (χ0n) is 10.8. The molecule has 0 amide bonds. The van der Waals surface area contributed by atoms with E-state index in [1.54, 1.807) is 12.3 Å². The zero-order chi connectivity index (χ0) is 13.8. The molecule has 0 aliphatic carbocycles. The van der Waals surface area contributed by atoms with E-state index in [1.165, 1.54) is 0 Å². The van der Waals surface area contributed by atoms with Gasteiger partial charge in [-0.15, -0.1) is 0 Å². The van der Waals surface area contributed by atoms with Gasteiger partial charge in [-0.1, -0.05) is 48.5 Å². The highest BCUT2D eigenvalue weighted by Gasteiger charge is 2.07. The predicted octanol–water partition coefficient (Wildman–Crippen LogP) is 3.92. The fraction of sp³-hybridized carbons (Fsp3) is 0. The topological polar surface area (TPSA) is 30.0 Å². The Morgan fingerprint density at radius 1 is 0.700 bits per heavy atom. The molecular formula is C17H13NOS. The lowest BCUT2D eigenvalue weighted by Gasteiger charge is -2.04. The lowest BCUT2D eigenvalue weighted by molar-refractivity contribution is 0.680. The second-order valence-electron chi connectivity index (χ2n) is 4.33. The van der Waals surface area contributed by atoms with Gasteiger partial charge in [0.15, 0.2) is 0 Å². The third kappa shape index (κ3) is 2.68. The van der Waals surface area contributed by atoms with Crippen molar-refractivity contribution in [1.82, 2.24) is 4.98 Å². The number of hydrogen-bond donors (Lipinski definition) is 0. The van der Waals surface area contributed by atoms with E-state index in [2.05, 4.69) is 17.1 Å². The number of rotatable bonds is 3. The van der Waals surface area contributed by atoms with E-state index in [0.29, 0.717) is 5.03 Å². The number of hydrogen-bond acceptors (Lipinski definition) is 2. The average Bonchev–Trinajstić information content (AvgIpc) is 2.56. The number of pyridine rings is 1. The van der Waals surface area contributed by atoms with Crippen LogP contribution in [0, 0.1) is 0 Å². The normalized spacial score (nSPS) is 12.0. The maximum absolute atomic E-state index is 12.3. The average molecular weight is 279 g/mol. The summed E-state index contributed by atoms with van der Waals surface area (Å²) in [4.78, 5) is 4.90. The molecule has 0 N–H and O–H groups in total. The Morgan fingerprint density at radius 2 is 1.35 bits per heavy atom. The molecule has 2 aromatic carbocycles. The first kappa shape index (κ1) is 12.8. The molecule has 1 atom stereocenters. The molecule has 0 aliphatic rings. The molecule has 3 heteroatoms. The third-order valence-corrected chi connectivity index (χ3v) is 4.32. The fourth-order valence-electron chi connectivity index (χ4n) is 1.98. The van der Waals surface area contributed by atoms with Crippen LogP contribution in [-0.4, -0.2) is 9.19 Å². The van der Waals surface area contributed by atoms with Gasteiger partial charge in [-0.2, -0.15) is 0 Å². The summed E-state index contributed by atoms with van der Waals surface area (Å²) < 4.78 is 12.3. The Bertz CT molecular complexity index is 709. The van der Waals surface area contributed by atoms with Gasteiger partial charge < -0.3 is 0 Å². The second kappa shape index (κ2) is 5.80. The molecule has 0 bridgehead atoms. The SMILES string of the molecule is O=S(c1ccc(-c2ccccc2)cc1)c1ccccn1. The molecule has 0 saturated heterocycles. The minimum absolute atomic E-state index is 0.583. The molecule has 3 aromatic rings. The largest absolute Gasteiger partial charge is 0.247 e. The summed E-state index contributed by atoms with van der Waals surface area (Å²) in [5.74, 6) is 0. The molecule has 1 heterocycles. The van der Waals surface area contributed by atoms with E-state index in [-0.39, 0.29) is 0 Å². The molecule has 1 unspecified atom stereocenters. The Hall–Kier alpha value is -2.26. The quantitative estimate of drug-likeness (QED) is 0.727. The standard InChI is InChI=1S/C17H13NOS/c19-20(17-8-4-5-13-18-17)16-11-9-15(10-12-16)14-6-2-1-3-7-14/h1-13H. The predicted molar refractivity (Wildman–Crippen MR) is 80.8 cm³/mol. The first-order chi connectivity index (χ1) is 9.84. The van der Waals surface area contributed by atoms with Crippen molar-refractivity contribution in [2.24, 2.45) is 0 Å². The summed E-state index contributed by atoms with van der Waals surface area (Å²) in [5, 5.41) is 0.583. The van der Waals surface area contributed by atoms with Crippen LogP contribution in [0.1, 0.15) is 0 Å². The van der Waals surface area contributed by atoms with E-state index in [0.717, 1.165) is 16.0 Å². The van der Waals surface area contributed by atoms with Crippen LogP contribution in [0.5, 0.6) is 0 Å². The molecular weight excluding hydrogens is 266 g/mol. The van der Waals surface area contributed by atoms with Crippen molar-refractivity contribution in [3.8, 4) is 11.1 Å². The van der Waals surface area contributed by atoms with Gasteiger partial charge in [-0.3, -0.25) is 0 Å². The Morgan fingerprint density at radius 3 is 2.00 bits per heavy atom. The fourth-order valence-corrected chi connectivity index (χ4v) is 2.96. The van der Waals surface area contributed by atoms with Gasteiger partial charge >= 0.3 is 0 Å². The lowest BCUT2D eigenvalue weighted by atomic mass is 10.1. The zero-order valence-corrected chi connectivity index (χ0v) is 11.6. The van der Waals surface area contributed by atoms with Crippen LogP contribution in [0.25, 0.3) is 11.1 Å². The van der Waals surface area contributed by atoms with Crippen molar-refractivity contribution in [1.29, 1.82) is 0 Å². The molecule has 0 radical (unpaired) electrons. The van der Waals surface area contributed by atoms with Crippen LogP contribution in [0.2, 0.25) is 0 Å². The Balaban J connectivity index is 1.89. The van der Waals surface area contributed by atoms with E-state index >= 15 is 0 Å². The molecule has 0 saturated carbocycles. The third-order valence-electron chi connectivity index (χ3n) is 3.00. The first-order valence-corrected chi connectivity index (χ1v) is 7.48. The smallest absolute Gasteiger partial charge is 0.132 e. The monoisotopic (exact) mass is 279 g/mol.